The number of hydrogen-bond donors (Lipinski definition) is 2. The second-order valence-corrected chi connectivity index (χ2v) is 6.18. The van der Waals surface area contributed by atoms with E-state index in [1.54, 1.807) is 36.6 Å². The van der Waals surface area contributed by atoms with E-state index in [4.69, 9.17) is 0 Å². The van der Waals surface area contributed by atoms with Crippen molar-refractivity contribution in [3.8, 4) is 0 Å². The monoisotopic (exact) mass is 321 g/mol. The lowest BCUT2D eigenvalue weighted by Crippen LogP contribution is -2.15. The highest BCUT2D eigenvalue weighted by Gasteiger charge is 2.14. The Labute approximate surface area is 130 Å². The summed E-state index contributed by atoms with van der Waals surface area (Å²) in [6.45, 7) is 0. The molecule has 2 atom stereocenters. The fourth-order valence-corrected chi connectivity index (χ4v) is 2.54. The first-order valence-corrected chi connectivity index (χ1v) is 8.18. The minimum Gasteiger partial charge on any atom is -0.388 e. The molecular weight excluding hydrogens is 305 g/mol. The molecule has 0 saturated heterocycles. The summed E-state index contributed by atoms with van der Waals surface area (Å²) in [7, 11) is -1.14. The van der Waals surface area contributed by atoms with Crippen LogP contribution in [0.15, 0.2) is 53.4 Å². The zero-order valence-corrected chi connectivity index (χ0v) is 12.8. The van der Waals surface area contributed by atoms with Gasteiger partial charge in [-0.1, -0.05) is 18.2 Å². The fourth-order valence-electron chi connectivity index (χ4n) is 1.97. The lowest BCUT2D eigenvalue weighted by Gasteiger charge is -2.12. The zero-order chi connectivity index (χ0) is 16.1. The van der Waals surface area contributed by atoms with Crippen molar-refractivity contribution in [1.29, 1.82) is 0 Å². The Morgan fingerprint density at radius 1 is 1.27 bits per heavy atom. The molecular formula is C16H16FNO3S. The molecule has 0 aliphatic rings. The largest absolute Gasteiger partial charge is 0.388 e. The quantitative estimate of drug-likeness (QED) is 0.889. The highest BCUT2D eigenvalue weighted by atomic mass is 32.2. The maximum Gasteiger partial charge on any atom is 0.227 e. The van der Waals surface area contributed by atoms with E-state index >= 15 is 0 Å². The van der Waals surface area contributed by atoms with E-state index in [1.165, 1.54) is 18.2 Å². The van der Waals surface area contributed by atoms with Crippen molar-refractivity contribution in [3.05, 3.63) is 59.9 Å². The Kier molecular flexibility index (Phi) is 5.41. The van der Waals surface area contributed by atoms with Crippen molar-refractivity contribution < 1.29 is 18.5 Å². The first-order valence-electron chi connectivity index (χ1n) is 6.62. The summed E-state index contributed by atoms with van der Waals surface area (Å²) in [5, 5.41) is 12.6. The van der Waals surface area contributed by atoms with Crippen LogP contribution in [-0.4, -0.2) is 21.5 Å². The SMILES string of the molecule is CS(=O)c1cccc(NC(=O)CC(O)c2cccc(F)c2)c1. The molecule has 6 heteroatoms. The Morgan fingerprint density at radius 3 is 2.68 bits per heavy atom. The molecule has 4 nitrogen and oxygen atoms in total. The number of nitrogens with one attached hydrogen (secondary N) is 1. The molecule has 0 spiro atoms. The average Bonchev–Trinajstić information content (AvgIpc) is 2.47. The molecule has 2 rings (SSSR count). The maximum absolute atomic E-state index is 13.1. The smallest absolute Gasteiger partial charge is 0.227 e. The third kappa shape index (κ3) is 4.47. The molecule has 0 aromatic heterocycles. The van der Waals surface area contributed by atoms with Gasteiger partial charge in [0.05, 0.1) is 12.5 Å². The lowest BCUT2D eigenvalue weighted by atomic mass is 10.1. The van der Waals surface area contributed by atoms with Crippen LogP contribution in [0.2, 0.25) is 0 Å². The van der Waals surface area contributed by atoms with Crippen LogP contribution in [0.4, 0.5) is 10.1 Å². The number of hydrogen-bond acceptors (Lipinski definition) is 3. The number of aliphatic hydroxyl groups excluding tert-OH is 1. The summed E-state index contributed by atoms with van der Waals surface area (Å²) in [4.78, 5) is 12.5. The molecule has 0 aliphatic carbocycles. The summed E-state index contributed by atoms with van der Waals surface area (Å²) < 4.78 is 24.5. The van der Waals surface area contributed by atoms with Gasteiger partial charge in [-0.25, -0.2) is 4.39 Å². The Balaban J connectivity index is 2.01. The van der Waals surface area contributed by atoms with Crippen molar-refractivity contribution in [1.82, 2.24) is 0 Å². The molecule has 0 radical (unpaired) electrons. The van der Waals surface area contributed by atoms with Gasteiger partial charge < -0.3 is 10.4 Å². The van der Waals surface area contributed by atoms with Crippen LogP contribution in [0.25, 0.3) is 0 Å². The summed E-state index contributed by atoms with van der Waals surface area (Å²) in [5.41, 5.74) is 0.850. The third-order valence-corrected chi connectivity index (χ3v) is 3.98. The molecule has 0 heterocycles. The zero-order valence-electron chi connectivity index (χ0n) is 12.0. The van der Waals surface area contributed by atoms with Crippen LogP contribution in [0.3, 0.4) is 0 Å². The molecule has 2 aromatic carbocycles. The minimum atomic E-state index is -1.14. The maximum atomic E-state index is 13.1. The van der Waals surface area contributed by atoms with E-state index in [0.29, 0.717) is 16.1 Å². The number of anilines is 1. The predicted molar refractivity (Wildman–Crippen MR) is 83.4 cm³/mol. The number of carbonyl (C=O) groups is 1. The van der Waals surface area contributed by atoms with Gasteiger partial charge in [0.15, 0.2) is 0 Å². The third-order valence-electron chi connectivity index (χ3n) is 3.06. The molecule has 2 aromatic rings. The number of rotatable bonds is 5. The molecule has 2 unspecified atom stereocenters. The number of carbonyl (C=O) groups excluding carboxylic acids is 1. The van der Waals surface area contributed by atoms with Crippen LogP contribution in [-0.2, 0) is 15.6 Å². The van der Waals surface area contributed by atoms with Crippen molar-refractivity contribution in [2.45, 2.75) is 17.4 Å². The number of halogens is 1. The van der Waals surface area contributed by atoms with Gasteiger partial charge in [0, 0.05) is 27.6 Å². The van der Waals surface area contributed by atoms with Crippen molar-refractivity contribution >= 4 is 22.4 Å². The van der Waals surface area contributed by atoms with E-state index < -0.39 is 28.6 Å². The molecule has 0 aliphatic heterocycles. The highest BCUT2D eigenvalue weighted by molar-refractivity contribution is 7.84. The first kappa shape index (κ1) is 16.3. The predicted octanol–water partition coefficient (Wildman–Crippen LogP) is 2.63. The first-order chi connectivity index (χ1) is 10.5. The fraction of sp³-hybridized carbons (Fsp3) is 0.188. The van der Waals surface area contributed by atoms with E-state index in [-0.39, 0.29) is 6.42 Å². The van der Waals surface area contributed by atoms with Gasteiger partial charge >= 0.3 is 0 Å². The Bertz CT molecular complexity index is 705. The highest BCUT2D eigenvalue weighted by Crippen LogP contribution is 2.19. The van der Waals surface area contributed by atoms with Gasteiger partial charge in [-0.15, -0.1) is 0 Å². The standard InChI is InChI=1S/C16H16FNO3S/c1-22(21)14-7-3-6-13(9-14)18-16(20)10-15(19)11-4-2-5-12(17)8-11/h2-9,15,19H,10H2,1H3,(H,18,20). The Hall–Kier alpha value is -2.05. The Morgan fingerprint density at radius 2 is 2.00 bits per heavy atom. The van der Waals surface area contributed by atoms with Crippen molar-refractivity contribution in [2.24, 2.45) is 0 Å². The summed E-state index contributed by atoms with van der Waals surface area (Å²) in [6, 6.07) is 12.2. The van der Waals surface area contributed by atoms with Crippen LogP contribution in [0.1, 0.15) is 18.1 Å². The van der Waals surface area contributed by atoms with Gasteiger partial charge in [-0.2, -0.15) is 0 Å². The van der Waals surface area contributed by atoms with Crippen LogP contribution < -0.4 is 5.32 Å². The van der Waals surface area contributed by atoms with E-state index in [2.05, 4.69) is 5.32 Å². The van der Waals surface area contributed by atoms with Gasteiger partial charge in [0.1, 0.15) is 5.82 Å². The van der Waals surface area contributed by atoms with E-state index in [9.17, 15) is 18.5 Å². The molecule has 0 saturated carbocycles. The molecule has 2 N–H and O–H groups in total. The lowest BCUT2D eigenvalue weighted by molar-refractivity contribution is -0.118. The summed E-state index contributed by atoms with van der Waals surface area (Å²) >= 11 is 0. The van der Waals surface area contributed by atoms with Crippen LogP contribution in [0.5, 0.6) is 0 Å². The van der Waals surface area contributed by atoms with Crippen molar-refractivity contribution in [2.75, 3.05) is 11.6 Å². The van der Waals surface area contributed by atoms with Crippen LogP contribution in [0, 0.1) is 5.82 Å². The van der Waals surface area contributed by atoms with E-state index in [0.717, 1.165) is 0 Å². The number of amides is 1. The topological polar surface area (TPSA) is 66.4 Å². The van der Waals surface area contributed by atoms with Crippen molar-refractivity contribution in [3.63, 3.8) is 0 Å². The normalized spacial score (nSPS) is 13.4. The van der Waals surface area contributed by atoms with Crippen LogP contribution >= 0.6 is 0 Å². The minimum absolute atomic E-state index is 0.192. The molecule has 0 fully saturated rings. The second-order valence-electron chi connectivity index (χ2n) is 4.81. The second kappa shape index (κ2) is 7.29. The van der Waals surface area contributed by atoms with Gasteiger partial charge in [0.25, 0.3) is 0 Å². The number of benzene rings is 2. The number of aliphatic hydroxyl groups is 1. The van der Waals surface area contributed by atoms with Gasteiger partial charge in [0.2, 0.25) is 5.91 Å². The van der Waals surface area contributed by atoms with Gasteiger partial charge in [-0.05, 0) is 35.9 Å². The summed E-state index contributed by atoms with van der Waals surface area (Å²) in [5.74, 6) is -0.870. The average molecular weight is 321 g/mol. The summed E-state index contributed by atoms with van der Waals surface area (Å²) in [6.07, 6.45) is 0.275. The molecule has 1 amide bonds. The molecule has 0 bridgehead atoms. The molecule has 22 heavy (non-hydrogen) atoms. The van der Waals surface area contributed by atoms with E-state index in [1.807, 2.05) is 0 Å². The van der Waals surface area contributed by atoms with Gasteiger partial charge in [-0.3, -0.25) is 9.00 Å². The molecule has 116 valence electrons.